The van der Waals surface area contributed by atoms with Gasteiger partial charge in [0.05, 0.1) is 35.1 Å². The van der Waals surface area contributed by atoms with E-state index < -0.39 is 39.6 Å². The number of carbonyl (C=O) groups excluding carboxylic acids is 2. The van der Waals surface area contributed by atoms with E-state index in [0.717, 1.165) is 16.7 Å². The molecule has 2 aromatic carbocycles. The Hall–Kier alpha value is -4.20. The van der Waals surface area contributed by atoms with Crippen LogP contribution in [-0.2, 0) is 19.6 Å². The number of amides is 1. The maximum Gasteiger partial charge on any atom is 0.394 e. The van der Waals surface area contributed by atoms with E-state index >= 15 is 0 Å². The van der Waals surface area contributed by atoms with Gasteiger partial charge in [-0.25, -0.2) is 18.1 Å². The van der Waals surface area contributed by atoms with E-state index in [1.807, 2.05) is 32.0 Å². The Bertz CT molecular complexity index is 1910. The lowest BCUT2D eigenvalue weighted by Crippen LogP contribution is -2.62. The molecule has 260 valence electrons. The summed E-state index contributed by atoms with van der Waals surface area (Å²) >= 11 is 0. The standard InChI is InChI=1S/C35H37F3N4O6S/c1-20-6-4-7-21(2)29(20)27-13-28-40-32(39-27)41-49(45,46)26-9-5-8-22(12-26)30(43)42(24-16-33(17-24)14-23(15-33)31(44)47-3)25(19-48-28)18-34(10-11-34)35(36,37)38/h4-9,12-13,23-25H,10-11,14-19H2,1-3H3,(H,39,40,41)/t23?,24?,25-,33?/m1/s1. The molecule has 7 rings (SSSR count). The van der Waals surface area contributed by atoms with Crippen LogP contribution in [0.15, 0.2) is 53.4 Å². The highest BCUT2D eigenvalue weighted by Gasteiger charge is 2.65. The molecule has 1 atom stereocenters. The van der Waals surface area contributed by atoms with Crippen LogP contribution in [0.3, 0.4) is 0 Å². The van der Waals surface area contributed by atoms with Crippen LogP contribution in [0.1, 0.15) is 66.4 Å². The van der Waals surface area contributed by atoms with E-state index in [-0.39, 0.29) is 65.5 Å². The summed E-state index contributed by atoms with van der Waals surface area (Å²) in [6.45, 7) is 3.46. The predicted octanol–water partition coefficient (Wildman–Crippen LogP) is 6.23. The second-order valence-corrected chi connectivity index (χ2v) is 15.8. The van der Waals surface area contributed by atoms with Gasteiger partial charge in [0, 0.05) is 23.2 Å². The fraction of sp³-hybridized carbons (Fsp3) is 0.486. The highest BCUT2D eigenvalue weighted by molar-refractivity contribution is 7.92. The van der Waals surface area contributed by atoms with Crippen molar-refractivity contribution in [1.82, 2.24) is 14.9 Å². The SMILES string of the molecule is COC(=O)C1CC2(C1)CC(N1C(=O)c3cccc(c3)S(=O)(=O)Nc3nc(cc(-c4c(C)cccc4C)n3)OC[C@H]1CC1(C(F)(F)F)CC1)C2. The summed E-state index contributed by atoms with van der Waals surface area (Å²) in [7, 11) is -2.97. The van der Waals surface area contributed by atoms with Crippen LogP contribution in [0.2, 0.25) is 0 Å². The molecule has 3 fully saturated rings. The number of fused-ring (bicyclic) bond motifs is 4. The molecular weight excluding hydrogens is 661 g/mol. The first kappa shape index (κ1) is 33.3. The minimum Gasteiger partial charge on any atom is -0.475 e. The second-order valence-electron chi connectivity index (χ2n) is 14.2. The molecule has 4 bridgehead atoms. The van der Waals surface area contributed by atoms with Gasteiger partial charge in [-0.15, -0.1) is 0 Å². The maximum absolute atomic E-state index is 14.5. The van der Waals surface area contributed by atoms with Gasteiger partial charge in [0.2, 0.25) is 11.8 Å². The van der Waals surface area contributed by atoms with Gasteiger partial charge in [-0.05, 0) is 93.5 Å². The van der Waals surface area contributed by atoms with Crippen molar-refractivity contribution < 1.29 is 40.7 Å². The number of nitrogens with one attached hydrogen (secondary N) is 1. The Balaban J connectivity index is 1.32. The van der Waals surface area contributed by atoms with E-state index in [1.165, 1.54) is 42.3 Å². The van der Waals surface area contributed by atoms with Crippen LogP contribution in [0.4, 0.5) is 19.1 Å². The third-order valence-corrected chi connectivity index (χ3v) is 12.1. The summed E-state index contributed by atoms with van der Waals surface area (Å²) in [5, 5.41) is 0. The number of halogens is 3. The molecule has 1 spiro atoms. The molecule has 0 radical (unpaired) electrons. The van der Waals surface area contributed by atoms with Gasteiger partial charge in [0.15, 0.2) is 0 Å². The summed E-state index contributed by atoms with van der Waals surface area (Å²) in [4.78, 5) is 36.6. The van der Waals surface area contributed by atoms with Crippen molar-refractivity contribution in [3.05, 3.63) is 65.2 Å². The number of alkyl halides is 3. The summed E-state index contributed by atoms with van der Waals surface area (Å²) in [6, 6.07) is 11.2. The van der Waals surface area contributed by atoms with Crippen molar-refractivity contribution in [2.45, 2.75) is 81.9 Å². The average Bonchev–Trinajstić information content (AvgIpc) is 3.80. The first-order valence-corrected chi connectivity index (χ1v) is 17.8. The molecule has 49 heavy (non-hydrogen) atoms. The number of anilines is 1. The Morgan fingerprint density at radius 2 is 1.71 bits per heavy atom. The largest absolute Gasteiger partial charge is 0.475 e. The zero-order valence-corrected chi connectivity index (χ0v) is 28.2. The second kappa shape index (κ2) is 11.7. The molecule has 1 N–H and O–H groups in total. The summed E-state index contributed by atoms with van der Waals surface area (Å²) in [6.07, 6.45) is -2.83. The van der Waals surface area contributed by atoms with Crippen LogP contribution in [0.5, 0.6) is 5.88 Å². The first-order valence-electron chi connectivity index (χ1n) is 16.3. The third-order valence-electron chi connectivity index (χ3n) is 10.8. The van der Waals surface area contributed by atoms with Crippen molar-refractivity contribution >= 4 is 27.8 Å². The molecule has 3 aliphatic carbocycles. The minimum absolute atomic E-state index is 0.0230. The number of ether oxygens (including phenoxy) is 2. The van der Waals surface area contributed by atoms with Crippen LogP contribution in [0, 0.1) is 30.6 Å². The summed E-state index contributed by atoms with van der Waals surface area (Å²) in [5.74, 6) is -1.45. The van der Waals surface area contributed by atoms with Crippen LogP contribution < -0.4 is 9.46 Å². The number of aromatic nitrogens is 2. The highest BCUT2D eigenvalue weighted by Crippen LogP contribution is 2.63. The lowest BCUT2D eigenvalue weighted by Gasteiger charge is -2.60. The van der Waals surface area contributed by atoms with E-state index in [9.17, 15) is 31.2 Å². The number of benzene rings is 2. The van der Waals surface area contributed by atoms with Gasteiger partial charge in [-0.2, -0.15) is 18.2 Å². The quantitative estimate of drug-likeness (QED) is 0.311. The number of sulfonamides is 1. The molecular formula is C35H37F3N4O6S. The van der Waals surface area contributed by atoms with Crippen molar-refractivity contribution in [2.75, 3.05) is 18.4 Å². The van der Waals surface area contributed by atoms with Gasteiger partial charge in [0.25, 0.3) is 15.9 Å². The van der Waals surface area contributed by atoms with E-state index in [2.05, 4.69) is 14.7 Å². The highest BCUT2D eigenvalue weighted by atomic mass is 32.2. The van der Waals surface area contributed by atoms with Crippen LogP contribution >= 0.6 is 0 Å². The van der Waals surface area contributed by atoms with E-state index in [0.29, 0.717) is 31.4 Å². The minimum atomic E-state index is -4.49. The van der Waals surface area contributed by atoms with Crippen LogP contribution in [0.25, 0.3) is 11.3 Å². The predicted molar refractivity (Wildman–Crippen MR) is 172 cm³/mol. The smallest absolute Gasteiger partial charge is 0.394 e. The molecule has 1 aliphatic heterocycles. The third kappa shape index (κ3) is 6.01. The van der Waals surface area contributed by atoms with E-state index in [1.54, 1.807) is 0 Å². The molecule has 0 unspecified atom stereocenters. The van der Waals surface area contributed by atoms with Crippen molar-refractivity contribution in [1.29, 1.82) is 0 Å². The van der Waals surface area contributed by atoms with Crippen LogP contribution in [-0.4, -0.2) is 67.1 Å². The number of aryl methyl sites for hydroxylation is 2. The fourth-order valence-corrected chi connectivity index (χ4v) is 9.05. The maximum atomic E-state index is 14.5. The summed E-state index contributed by atoms with van der Waals surface area (Å²) < 4.78 is 84.2. The van der Waals surface area contributed by atoms with Gasteiger partial charge in [0.1, 0.15) is 6.61 Å². The number of nitrogens with zero attached hydrogens (tertiary/aromatic N) is 3. The number of hydrogen-bond acceptors (Lipinski definition) is 8. The molecule has 14 heteroatoms. The average molecular weight is 699 g/mol. The molecule has 10 nitrogen and oxygen atoms in total. The number of carbonyl (C=O) groups is 2. The lowest BCUT2D eigenvalue weighted by molar-refractivity contribution is -0.195. The van der Waals surface area contributed by atoms with Gasteiger partial charge in [-0.3, -0.25) is 9.59 Å². The number of methoxy groups -OCH3 is 1. The molecule has 3 saturated carbocycles. The molecule has 1 amide bonds. The lowest BCUT2D eigenvalue weighted by atomic mass is 9.49. The normalized spacial score (nSPS) is 26.9. The molecule has 3 aromatic rings. The van der Waals surface area contributed by atoms with Gasteiger partial charge < -0.3 is 14.4 Å². The number of esters is 1. The zero-order valence-electron chi connectivity index (χ0n) is 27.3. The topological polar surface area (TPSA) is 128 Å². The Morgan fingerprint density at radius 3 is 2.35 bits per heavy atom. The number of hydrogen-bond donors (Lipinski definition) is 1. The monoisotopic (exact) mass is 698 g/mol. The fourth-order valence-electron chi connectivity index (χ4n) is 8.06. The Kier molecular flexibility index (Phi) is 7.95. The number of rotatable bonds is 5. The molecule has 1 aromatic heterocycles. The zero-order chi connectivity index (χ0) is 34.9. The summed E-state index contributed by atoms with van der Waals surface area (Å²) in [5.41, 5.74) is 0.673. The first-order chi connectivity index (χ1) is 23.1. The van der Waals surface area contributed by atoms with Gasteiger partial charge in [-0.1, -0.05) is 24.3 Å². The molecule has 2 heterocycles. The van der Waals surface area contributed by atoms with Crippen molar-refractivity contribution in [3.8, 4) is 17.1 Å². The van der Waals surface area contributed by atoms with Crippen molar-refractivity contribution in [2.24, 2.45) is 16.7 Å². The molecule has 0 saturated heterocycles. The molecule has 4 aliphatic rings. The van der Waals surface area contributed by atoms with E-state index in [4.69, 9.17) is 9.47 Å². The van der Waals surface area contributed by atoms with Gasteiger partial charge >= 0.3 is 12.1 Å². The Morgan fingerprint density at radius 1 is 1.04 bits per heavy atom. The Labute approximate surface area is 282 Å². The van der Waals surface area contributed by atoms with Crippen molar-refractivity contribution in [3.63, 3.8) is 0 Å².